The number of hydrogen-bond donors (Lipinski definition) is 0. The first-order valence-electron chi connectivity index (χ1n) is 7.80. The number of allylic oxidation sites excluding steroid dienone is 4. The Labute approximate surface area is 125 Å². The largest absolute Gasteiger partial charge is 0.0976 e. The summed E-state index contributed by atoms with van der Waals surface area (Å²) in [6.45, 7) is 14.3. The van der Waals surface area contributed by atoms with Crippen LogP contribution in [0.1, 0.15) is 41.0 Å². The van der Waals surface area contributed by atoms with E-state index in [0.717, 1.165) is 0 Å². The molecule has 0 heterocycles. The normalized spacial score (nSPS) is 25.6. The van der Waals surface area contributed by atoms with Gasteiger partial charge in [0.15, 0.2) is 0 Å². The second-order valence-corrected chi connectivity index (χ2v) is 11.5. The van der Waals surface area contributed by atoms with Crippen LogP contribution in [0.2, 0.25) is 17.6 Å². The molecule has 1 aliphatic rings. The first kappa shape index (κ1) is 15.3. The Balaban J connectivity index is 2.61. The van der Waals surface area contributed by atoms with E-state index in [1.54, 1.807) is 10.8 Å². The van der Waals surface area contributed by atoms with Crippen molar-refractivity contribution in [1.29, 1.82) is 0 Å². The molecule has 0 nitrogen and oxygen atoms in total. The van der Waals surface area contributed by atoms with E-state index >= 15 is 0 Å². The molecule has 1 aliphatic carbocycles. The Morgan fingerprint density at radius 2 is 1.65 bits per heavy atom. The number of hydrogen-bond acceptors (Lipinski definition) is 0. The molecule has 0 fully saturated rings. The van der Waals surface area contributed by atoms with Gasteiger partial charge in [-0.05, 0) is 26.3 Å². The van der Waals surface area contributed by atoms with E-state index < -0.39 is 8.07 Å². The maximum atomic E-state index is 2.58. The summed E-state index contributed by atoms with van der Waals surface area (Å²) in [5, 5.41) is 1.86. The van der Waals surface area contributed by atoms with Gasteiger partial charge in [0.05, 0.1) is 8.07 Å². The second kappa shape index (κ2) is 5.36. The van der Waals surface area contributed by atoms with Crippen molar-refractivity contribution in [3.05, 3.63) is 53.1 Å². The van der Waals surface area contributed by atoms with Crippen LogP contribution in [-0.4, -0.2) is 8.07 Å². The number of benzene rings is 1. The van der Waals surface area contributed by atoms with Crippen LogP contribution in [0.3, 0.4) is 0 Å². The van der Waals surface area contributed by atoms with Crippen LogP contribution in [0.25, 0.3) is 0 Å². The zero-order valence-corrected chi connectivity index (χ0v) is 14.9. The lowest BCUT2D eigenvalue weighted by atomic mass is 10.0. The van der Waals surface area contributed by atoms with Crippen molar-refractivity contribution < 1.29 is 0 Å². The lowest BCUT2D eigenvalue weighted by Gasteiger charge is -2.43. The summed E-state index contributed by atoms with van der Waals surface area (Å²) in [5.41, 5.74) is 4.59. The first-order chi connectivity index (χ1) is 9.37. The van der Waals surface area contributed by atoms with Gasteiger partial charge in [0.1, 0.15) is 0 Å². The van der Waals surface area contributed by atoms with Crippen LogP contribution in [0.15, 0.2) is 53.1 Å². The summed E-state index contributed by atoms with van der Waals surface area (Å²) >= 11 is 0. The Kier molecular flexibility index (Phi) is 4.11. The highest BCUT2D eigenvalue weighted by molar-refractivity contribution is 6.94. The lowest BCUT2D eigenvalue weighted by Crippen LogP contribution is -2.53. The fourth-order valence-electron chi connectivity index (χ4n) is 3.92. The fraction of sp³-hybridized carbons (Fsp3) is 0.474. The molecule has 2 atom stereocenters. The molecule has 2 rings (SSSR count). The minimum atomic E-state index is -1.60. The molecule has 0 bridgehead atoms. The van der Waals surface area contributed by atoms with Gasteiger partial charge in [0.25, 0.3) is 0 Å². The standard InChI is InChI=1S/C19H28Si/c1-7-13-20(6,18-11-9-8-10-12-18)19(5)14-15(2)16(3)17(19)4/h8-12,14H,7,13H2,1-6H3. The van der Waals surface area contributed by atoms with Crippen LogP contribution in [0.4, 0.5) is 0 Å². The van der Waals surface area contributed by atoms with Crippen LogP contribution in [0.5, 0.6) is 0 Å². The molecule has 20 heavy (non-hydrogen) atoms. The number of rotatable bonds is 4. The molecular weight excluding hydrogens is 256 g/mol. The highest BCUT2D eigenvalue weighted by Crippen LogP contribution is 2.54. The average molecular weight is 285 g/mol. The van der Waals surface area contributed by atoms with Gasteiger partial charge < -0.3 is 0 Å². The zero-order valence-electron chi connectivity index (χ0n) is 13.9. The molecule has 0 saturated carbocycles. The summed E-state index contributed by atoms with van der Waals surface area (Å²) in [6.07, 6.45) is 3.83. The van der Waals surface area contributed by atoms with Crippen molar-refractivity contribution in [2.45, 2.75) is 58.7 Å². The summed E-state index contributed by atoms with van der Waals surface area (Å²) in [5.74, 6) is 0. The molecule has 0 aliphatic heterocycles. The van der Waals surface area contributed by atoms with Gasteiger partial charge in [0.2, 0.25) is 0 Å². The van der Waals surface area contributed by atoms with E-state index in [4.69, 9.17) is 0 Å². The summed E-state index contributed by atoms with van der Waals surface area (Å²) in [7, 11) is -1.60. The Hall–Kier alpha value is -1.08. The molecule has 1 aromatic rings. The monoisotopic (exact) mass is 284 g/mol. The minimum Gasteiger partial charge on any atom is -0.0737 e. The third-order valence-corrected chi connectivity index (χ3v) is 11.7. The predicted octanol–water partition coefficient (Wildman–Crippen LogP) is 5.44. The quantitative estimate of drug-likeness (QED) is 0.646. The molecule has 1 heteroatoms. The highest BCUT2D eigenvalue weighted by Gasteiger charge is 2.49. The van der Waals surface area contributed by atoms with Crippen molar-refractivity contribution in [2.75, 3.05) is 0 Å². The van der Waals surface area contributed by atoms with Gasteiger partial charge in [-0.1, -0.05) is 85.6 Å². The van der Waals surface area contributed by atoms with E-state index in [0.29, 0.717) is 0 Å². The Morgan fingerprint density at radius 3 is 2.10 bits per heavy atom. The van der Waals surface area contributed by atoms with Crippen molar-refractivity contribution in [2.24, 2.45) is 0 Å². The zero-order chi connectivity index (χ0) is 15.0. The van der Waals surface area contributed by atoms with Crippen molar-refractivity contribution in [3.8, 4) is 0 Å². The summed E-state index contributed by atoms with van der Waals surface area (Å²) < 4.78 is 0. The molecule has 0 N–H and O–H groups in total. The minimum absolute atomic E-state index is 0.262. The third-order valence-electron chi connectivity index (χ3n) is 5.75. The molecule has 0 saturated heterocycles. The molecule has 1 aromatic carbocycles. The SMILES string of the molecule is CCC[Si](C)(c1ccccc1)C1(C)C=C(C)C(C)=C1C. The lowest BCUT2D eigenvalue weighted by molar-refractivity contribution is 0.833. The Morgan fingerprint density at radius 1 is 1.05 bits per heavy atom. The van der Waals surface area contributed by atoms with Gasteiger partial charge in [-0.3, -0.25) is 0 Å². The van der Waals surface area contributed by atoms with Crippen molar-refractivity contribution in [3.63, 3.8) is 0 Å². The van der Waals surface area contributed by atoms with Gasteiger partial charge in [-0.2, -0.15) is 0 Å². The van der Waals surface area contributed by atoms with Crippen LogP contribution >= 0.6 is 0 Å². The van der Waals surface area contributed by atoms with Gasteiger partial charge >= 0.3 is 0 Å². The molecule has 108 valence electrons. The van der Waals surface area contributed by atoms with Gasteiger partial charge in [0, 0.05) is 5.04 Å². The molecule has 2 unspecified atom stereocenters. The highest BCUT2D eigenvalue weighted by atomic mass is 28.3. The predicted molar refractivity (Wildman–Crippen MR) is 93.3 cm³/mol. The van der Waals surface area contributed by atoms with Crippen LogP contribution < -0.4 is 5.19 Å². The third kappa shape index (κ3) is 2.12. The van der Waals surface area contributed by atoms with Gasteiger partial charge in [-0.15, -0.1) is 0 Å². The van der Waals surface area contributed by atoms with Crippen LogP contribution in [-0.2, 0) is 0 Å². The summed E-state index contributed by atoms with van der Waals surface area (Å²) in [6, 6.07) is 12.6. The smallest absolute Gasteiger partial charge is 0.0737 e. The first-order valence-corrected chi connectivity index (χ1v) is 10.5. The van der Waals surface area contributed by atoms with Gasteiger partial charge in [-0.25, -0.2) is 0 Å². The van der Waals surface area contributed by atoms with Crippen molar-refractivity contribution >= 4 is 13.3 Å². The van der Waals surface area contributed by atoms with E-state index in [1.807, 2.05) is 0 Å². The second-order valence-electron chi connectivity index (χ2n) is 6.73. The Bertz CT molecular complexity index is 552. The summed E-state index contributed by atoms with van der Waals surface area (Å²) in [4.78, 5) is 0. The average Bonchev–Trinajstić information content (AvgIpc) is 2.65. The molecule has 0 amide bonds. The van der Waals surface area contributed by atoms with E-state index in [-0.39, 0.29) is 5.04 Å². The maximum absolute atomic E-state index is 2.58. The molecule has 0 spiro atoms. The van der Waals surface area contributed by atoms with E-state index in [9.17, 15) is 0 Å². The van der Waals surface area contributed by atoms with E-state index in [2.05, 4.69) is 77.6 Å². The molecule has 0 radical (unpaired) electrons. The maximum Gasteiger partial charge on any atom is 0.0976 e. The molecule has 0 aromatic heterocycles. The topological polar surface area (TPSA) is 0 Å². The molecular formula is C19H28Si. The fourth-order valence-corrected chi connectivity index (χ4v) is 8.80. The van der Waals surface area contributed by atoms with E-state index in [1.165, 1.54) is 23.6 Å². The van der Waals surface area contributed by atoms with Crippen LogP contribution in [0, 0.1) is 0 Å². The van der Waals surface area contributed by atoms with Crippen molar-refractivity contribution in [1.82, 2.24) is 0 Å².